The van der Waals surface area contributed by atoms with Crippen LogP contribution < -0.4 is 10.6 Å². The van der Waals surface area contributed by atoms with E-state index in [1.165, 1.54) is 17.7 Å². The van der Waals surface area contributed by atoms with E-state index in [1.807, 2.05) is 32.6 Å². The van der Waals surface area contributed by atoms with Gasteiger partial charge in [0.1, 0.15) is 5.60 Å². The number of guanidine groups is 1. The van der Waals surface area contributed by atoms with Gasteiger partial charge in [-0.2, -0.15) is 0 Å². The molecule has 0 spiro atoms. The van der Waals surface area contributed by atoms with Crippen molar-refractivity contribution in [3.63, 3.8) is 0 Å². The smallest absolute Gasteiger partial charge is 0.410 e. The SMILES string of the molecule is CCNC(=NCCN(C)C(=O)OC(C)(C)C)NC1CCN(C(=O)C2CCCC2)C1. The summed E-state index contributed by atoms with van der Waals surface area (Å²) in [7, 11) is 1.72. The number of ether oxygens (including phenoxy) is 1. The molecule has 8 nitrogen and oxygen atoms in total. The van der Waals surface area contributed by atoms with Gasteiger partial charge in [-0.15, -0.1) is 0 Å². The van der Waals surface area contributed by atoms with Crippen LogP contribution in [-0.4, -0.2) is 79.2 Å². The second-order valence-electron chi connectivity index (χ2n) is 9.06. The number of nitrogens with one attached hydrogen (secondary N) is 2. The summed E-state index contributed by atoms with van der Waals surface area (Å²) >= 11 is 0. The van der Waals surface area contributed by atoms with Crippen LogP contribution in [0.3, 0.4) is 0 Å². The third-order valence-corrected chi connectivity index (χ3v) is 5.30. The molecule has 1 aliphatic heterocycles. The summed E-state index contributed by atoms with van der Waals surface area (Å²) in [5.41, 5.74) is -0.505. The number of likely N-dealkylation sites (tertiary alicyclic amines) is 1. The van der Waals surface area contributed by atoms with Crippen molar-refractivity contribution in [2.24, 2.45) is 10.9 Å². The minimum atomic E-state index is -0.505. The van der Waals surface area contributed by atoms with E-state index in [2.05, 4.69) is 15.6 Å². The van der Waals surface area contributed by atoms with Gasteiger partial charge in [-0.3, -0.25) is 9.79 Å². The van der Waals surface area contributed by atoms with E-state index in [1.54, 1.807) is 7.05 Å². The average molecular weight is 410 g/mol. The Morgan fingerprint density at radius 2 is 1.90 bits per heavy atom. The van der Waals surface area contributed by atoms with E-state index in [0.717, 1.165) is 44.9 Å². The summed E-state index contributed by atoms with van der Waals surface area (Å²) in [5.74, 6) is 1.29. The van der Waals surface area contributed by atoms with E-state index in [-0.39, 0.29) is 18.1 Å². The van der Waals surface area contributed by atoms with Gasteiger partial charge in [-0.05, 0) is 47.0 Å². The van der Waals surface area contributed by atoms with Crippen molar-refractivity contribution in [2.75, 3.05) is 39.8 Å². The lowest BCUT2D eigenvalue weighted by molar-refractivity contribution is -0.134. The maximum atomic E-state index is 12.6. The zero-order valence-electron chi connectivity index (χ0n) is 18.8. The first-order valence-corrected chi connectivity index (χ1v) is 11.0. The highest BCUT2D eigenvalue weighted by Crippen LogP contribution is 2.27. The minimum Gasteiger partial charge on any atom is -0.444 e. The first kappa shape index (κ1) is 23.3. The van der Waals surface area contributed by atoms with Gasteiger partial charge in [0.25, 0.3) is 0 Å². The number of likely N-dealkylation sites (N-methyl/N-ethyl adjacent to an activating group) is 1. The molecule has 166 valence electrons. The molecule has 2 amide bonds. The topological polar surface area (TPSA) is 86.3 Å². The van der Waals surface area contributed by atoms with Crippen LogP contribution in [-0.2, 0) is 9.53 Å². The molecule has 0 aromatic heterocycles. The predicted octanol–water partition coefficient (Wildman–Crippen LogP) is 2.20. The van der Waals surface area contributed by atoms with Crippen molar-refractivity contribution in [3.05, 3.63) is 0 Å². The largest absolute Gasteiger partial charge is 0.444 e. The Kier molecular flexibility index (Phi) is 8.59. The van der Waals surface area contributed by atoms with Crippen LogP contribution in [0, 0.1) is 5.92 Å². The number of amides is 2. The van der Waals surface area contributed by atoms with Gasteiger partial charge >= 0.3 is 6.09 Å². The lowest BCUT2D eigenvalue weighted by Gasteiger charge is -2.24. The maximum Gasteiger partial charge on any atom is 0.410 e. The lowest BCUT2D eigenvalue weighted by atomic mass is 10.1. The second kappa shape index (κ2) is 10.7. The molecule has 1 atom stereocenters. The highest BCUT2D eigenvalue weighted by molar-refractivity contribution is 5.81. The number of carbonyl (C=O) groups excluding carboxylic acids is 2. The molecular weight excluding hydrogens is 370 g/mol. The Morgan fingerprint density at radius 3 is 2.52 bits per heavy atom. The number of carbonyl (C=O) groups is 2. The zero-order chi connectivity index (χ0) is 21.4. The Bertz CT molecular complexity index is 581. The van der Waals surface area contributed by atoms with Gasteiger partial charge in [0, 0.05) is 45.2 Å². The molecular formula is C21H39N5O3. The number of nitrogens with zero attached hydrogens (tertiary/aromatic N) is 3. The summed E-state index contributed by atoms with van der Waals surface area (Å²) in [6, 6.07) is 0.210. The second-order valence-corrected chi connectivity index (χ2v) is 9.06. The van der Waals surface area contributed by atoms with Crippen LogP contribution >= 0.6 is 0 Å². The summed E-state index contributed by atoms with van der Waals surface area (Å²) in [6.45, 7) is 10.8. The molecule has 2 N–H and O–H groups in total. The average Bonchev–Trinajstić information content (AvgIpc) is 3.31. The number of hydrogen-bond acceptors (Lipinski definition) is 4. The number of hydrogen-bond donors (Lipinski definition) is 2. The summed E-state index contributed by atoms with van der Waals surface area (Å²) in [4.78, 5) is 32.8. The Hall–Kier alpha value is -1.99. The standard InChI is InChI=1S/C21H39N5O3/c1-6-22-19(23-12-14-25(5)20(28)29-21(2,3)4)24-17-11-13-26(15-17)18(27)16-9-7-8-10-16/h16-17H,6-15H2,1-5H3,(H2,22,23,24). The summed E-state index contributed by atoms with van der Waals surface area (Å²) in [5, 5.41) is 6.69. The molecule has 0 aromatic rings. The fraction of sp³-hybridized carbons (Fsp3) is 0.857. The number of rotatable bonds is 6. The van der Waals surface area contributed by atoms with Crippen LogP contribution in [0.1, 0.15) is 59.8 Å². The van der Waals surface area contributed by atoms with E-state index < -0.39 is 5.60 Å². The molecule has 0 radical (unpaired) electrons. The van der Waals surface area contributed by atoms with Crippen LogP contribution in [0.15, 0.2) is 4.99 Å². The van der Waals surface area contributed by atoms with E-state index >= 15 is 0 Å². The van der Waals surface area contributed by atoms with Crippen molar-refractivity contribution in [2.45, 2.75) is 71.4 Å². The zero-order valence-corrected chi connectivity index (χ0v) is 18.8. The first-order valence-electron chi connectivity index (χ1n) is 11.0. The normalized spacial score (nSPS) is 20.7. The molecule has 1 saturated carbocycles. The lowest BCUT2D eigenvalue weighted by Crippen LogP contribution is -2.45. The van der Waals surface area contributed by atoms with Crippen molar-refractivity contribution in [1.29, 1.82) is 0 Å². The summed E-state index contributed by atoms with van der Waals surface area (Å²) < 4.78 is 5.36. The predicted molar refractivity (Wildman–Crippen MR) is 115 cm³/mol. The summed E-state index contributed by atoms with van der Waals surface area (Å²) in [6.07, 6.45) is 5.04. The highest BCUT2D eigenvalue weighted by Gasteiger charge is 2.32. The van der Waals surface area contributed by atoms with Crippen LogP contribution in [0.5, 0.6) is 0 Å². The molecule has 0 aromatic carbocycles. The fourth-order valence-corrected chi connectivity index (χ4v) is 3.77. The van der Waals surface area contributed by atoms with Crippen molar-refractivity contribution in [3.8, 4) is 0 Å². The third-order valence-electron chi connectivity index (χ3n) is 5.30. The number of aliphatic imine (C=N–C) groups is 1. The van der Waals surface area contributed by atoms with Crippen LogP contribution in [0.25, 0.3) is 0 Å². The molecule has 1 heterocycles. The molecule has 1 aliphatic carbocycles. The molecule has 2 fully saturated rings. The van der Waals surface area contributed by atoms with Gasteiger partial charge in [-0.25, -0.2) is 4.79 Å². The molecule has 29 heavy (non-hydrogen) atoms. The Morgan fingerprint density at radius 1 is 1.21 bits per heavy atom. The van der Waals surface area contributed by atoms with Crippen molar-refractivity contribution < 1.29 is 14.3 Å². The van der Waals surface area contributed by atoms with Gasteiger partial charge in [0.15, 0.2) is 5.96 Å². The molecule has 2 rings (SSSR count). The Balaban J connectivity index is 1.80. The molecule has 1 saturated heterocycles. The molecule has 1 unspecified atom stereocenters. The van der Waals surface area contributed by atoms with Crippen molar-refractivity contribution in [1.82, 2.24) is 20.4 Å². The van der Waals surface area contributed by atoms with Gasteiger partial charge in [0.2, 0.25) is 5.91 Å². The van der Waals surface area contributed by atoms with Gasteiger partial charge < -0.3 is 25.2 Å². The first-order chi connectivity index (χ1) is 13.7. The Labute approximate surface area is 175 Å². The third kappa shape index (κ3) is 7.74. The monoisotopic (exact) mass is 409 g/mol. The van der Waals surface area contributed by atoms with Gasteiger partial charge in [-0.1, -0.05) is 12.8 Å². The maximum absolute atomic E-state index is 12.6. The van der Waals surface area contributed by atoms with Gasteiger partial charge in [0.05, 0.1) is 6.54 Å². The fourth-order valence-electron chi connectivity index (χ4n) is 3.77. The van der Waals surface area contributed by atoms with E-state index in [9.17, 15) is 9.59 Å². The van der Waals surface area contributed by atoms with E-state index in [0.29, 0.717) is 19.0 Å². The molecule has 8 heteroatoms. The molecule has 0 bridgehead atoms. The van der Waals surface area contributed by atoms with Crippen LogP contribution in [0.2, 0.25) is 0 Å². The van der Waals surface area contributed by atoms with E-state index in [4.69, 9.17) is 4.74 Å². The highest BCUT2D eigenvalue weighted by atomic mass is 16.6. The molecule has 2 aliphatic rings. The van der Waals surface area contributed by atoms with Crippen molar-refractivity contribution >= 4 is 18.0 Å². The quantitative estimate of drug-likeness (QED) is 0.519. The minimum absolute atomic E-state index is 0.210. The van der Waals surface area contributed by atoms with Crippen LogP contribution in [0.4, 0.5) is 4.79 Å².